The quantitative estimate of drug-likeness (QED) is 0.369. The third-order valence-corrected chi connectivity index (χ3v) is 5.60. The molecule has 0 fully saturated rings. The lowest BCUT2D eigenvalue weighted by Gasteiger charge is -2.07. The molecule has 3 aromatic heterocycles. The second-order valence-corrected chi connectivity index (χ2v) is 7.79. The summed E-state index contributed by atoms with van der Waals surface area (Å²) in [5.41, 5.74) is 1.81. The highest BCUT2D eigenvalue weighted by atomic mass is 35.5. The van der Waals surface area contributed by atoms with Crippen LogP contribution in [0, 0.1) is 6.92 Å². The summed E-state index contributed by atoms with van der Waals surface area (Å²) in [5.74, 6) is -0.871. The van der Waals surface area contributed by atoms with E-state index in [4.69, 9.17) is 16.0 Å². The van der Waals surface area contributed by atoms with Crippen molar-refractivity contribution >= 4 is 34.2 Å². The fraction of sp³-hybridized carbons (Fsp3) is 0.0400. The van der Waals surface area contributed by atoms with Crippen molar-refractivity contribution in [2.45, 2.75) is 6.92 Å². The molecule has 0 atom stereocenters. The van der Waals surface area contributed by atoms with Crippen LogP contribution in [-0.2, 0) is 0 Å². The van der Waals surface area contributed by atoms with Crippen LogP contribution in [0.15, 0.2) is 77.5 Å². The van der Waals surface area contributed by atoms with Crippen LogP contribution >= 0.6 is 11.6 Å². The maximum Gasteiger partial charge on any atom is 0.268 e. The van der Waals surface area contributed by atoms with Gasteiger partial charge in [0, 0.05) is 22.5 Å². The number of hydrogen-bond acceptors (Lipinski definition) is 6. The van der Waals surface area contributed by atoms with Crippen LogP contribution < -0.4 is 0 Å². The first-order chi connectivity index (χ1) is 16.0. The summed E-state index contributed by atoms with van der Waals surface area (Å²) in [6.07, 6.45) is 3.03. The Morgan fingerprint density at radius 3 is 2.52 bits per heavy atom. The summed E-state index contributed by atoms with van der Waals surface area (Å²) in [5, 5.41) is 11.4. The predicted molar refractivity (Wildman–Crippen MR) is 123 cm³/mol. The molecule has 0 saturated heterocycles. The number of rotatable bonds is 4. The number of fused-ring (bicyclic) bond motifs is 1. The second kappa shape index (κ2) is 8.03. The van der Waals surface area contributed by atoms with Crippen LogP contribution in [0.1, 0.15) is 32.3 Å². The van der Waals surface area contributed by atoms with Gasteiger partial charge in [0.15, 0.2) is 5.76 Å². The topological polar surface area (TPSA) is 98.2 Å². The zero-order valence-electron chi connectivity index (χ0n) is 17.3. The molecule has 0 radical (unpaired) electrons. The Morgan fingerprint density at radius 2 is 1.79 bits per heavy atom. The molecule has 0 saturated carbocycles. The molecule has 0 aliphatic heterocycles. The number of oxazole rings is 1. The van der Waals surface area contributed by atoms with Gasteiger partial charge in [0.25, 0.3) is 17.6 Å². The number of carbonyl (C=O) groups is 2. The Morgan fingerprint density at radius 1 is 1.00 bits per heavy atom. The van der Waals surface area contributed by atoms with Gasteiger partial charge in [0.2, 0.25) is 0 Å². The molecule has 5 rings (SSSR count). The highest BCUT2D eigenvalue weighted by Crippen LogP contribution is 2.35. The molecule has 1 N–H and O–H groups in total. The van der Waals surface area contributed by atoms with Crippen molar-refractivity contribution in [2.75, 3.05) is 0 Å². The van der Waals surface area contributed by atoms with Crippen LogP contribution in [-0.4, -0.2) is 31.3 Å². The number of hydrogen-bond donors (Lipinski definition) is 1. The van der Waals surface area contributed by atoms with Gasteiger partial charge < -0.3 is 9.52 Å². The van der Waals surface area contributed by atoms with Gasteiger partial charge in [-0.05, 0) is 55.5 Å². The third-order valence-electron chi connectivity index (χ3n) is 5.35. The Labute approximate surface area is 192 Å². The molecule has 162 valence electrons. The second-order valence-electron chi connectivity index (χ2n) is 7.35. The molecular formula is C25H16ClN3O4. The summed E-state index contributed by atoms with van der Waals surface area (Å²) in [6, 6.07) is 16.5. The fourth-order valence-electron chi connectivity index (χ4n) is 3.82. The molecule has 0 unspecified atom stereocenters. The van der Waals surface area contributed by atoms with Crippen molar-refractivity contribution in [2.24, 2.45) is 0 Å². The smallest absolute Gasteiger partial charge is 0.268 e. The average molecular weight is 458 g/mol. The number of phenolic OH excluding ortho intramolecular Hbond substituents is 1. The minimum absolute atomic E-state index is 0.127. The monoisotopic (exact) mass is 457 g/mol. The number of benzene rings is 2. The van der Waals surface area contributed by atoms with Gasteiger partial charge in [0.1, 0.15) is 11.4 Å². The first-order valence-electron chi connectivity index (χ1n) is 10.0. The van der Waals surface area contributed by atoms with E-state index in [-0.39, 0.29) is 28.5 Å². The first-order valence-corrected chi connectivity index (χ1v) is 10.4. The van der Waals surface area contributed by atoms with E-state index in [1.165, 1.54) is 16.8 Å². The van der Waals surface area contributed by atoms with Crippen molar-refractivity contribution in [3.8, 4) is 17.2 Å². The maximum absolute atomic E-state index is 13.5. The summed E-state index contributed by atoms with van der Waals surface area (Å²) in [7, 11) is 0. The fourth-order valence-corrected chi connectivity index (χ4v) is 3.94. The lowest BCUT2D eigenvalue weighted by atomic mass is 10.1. The van der Waals surface area contributed by atoms with E-state index in [0.29, 0.717) is 33.3 Å². The number of carbonyl (C=O) groups excluding carboxylic acids is 2. The van der Waals surface area contributed by atoms with Gasteiger partial charge in [-0.15, -0.1) is 0 Å². The number of ketones is 1. The Kier molecular flexibility index (Phi) is 5.03. The molecule has 7 nitrogen and oxygen atoms in total. The van der Waals surface area contributed by atoms with Crippen molar-refractivity contribution in [1.82, 2.24) is 14.5 Å². The predicted octanol–water partition coefficient (Wildman–Crippen LogP) is 5.28. The molecule has 3 heterocycles. The number of aromatic nitrogens is 3. The molecular weight excluding hydrogens is 442 g/mol. The molecule has 0 bridgehead atoms. The molecule has 8 heteroatoms. The molecule has 2 aromatic carbocycles. The van der Waals surface area contributed by atoms with Crippen molar-refractivity contribution in [3.63, 3.8) is 0 Å². The van der Waals surface area contributed by atoms with E-state index in [9.17, 15) is 14.7 Å². The highest BCUT2D eigenvalue weighted by molar-refractivity contribution is 6.30. The minimum Gasteiger partial charge on any atom is -0.507 e. The van der Waals surface area contributed by atoms with Crippen LogP contribution in [0.25, 0.3) is 22.4 Å². The summed E-state index contributed by atoms with van der Waals surface area (Å²) in [6.45, 7) is 1.64. The van der Waals surface area contributed by atoms with Crippen LogP contribution in [0.4, 0.5) is 0 Å². The summed E-state index contributed by atoms with van der Waals surface area (Å²) >= 11 is 5.95. The maximum atomic E-state index is 13.5. The molecule has 33 heavy (non-hydrogen) atoms. The summed E-state index contributed by atoms with van der Waals surface area (Å²) in [4.78, 5) is 35.1. The number of aromatic hydroxyl groups is 1. The molecule has 0 aliphatic rings. The van der Waals surface area contributed by atoms with Crippen molar-refractivity contribution in [1.29, 1.82) is 0 Å². The number of pyridine rings is 1. The lowest BCUT2D eigenvalue weighted by molar-refractivity contribution is 0.0963. The van der Waals surface area contributed by atoms with Gasteiger partial charge in [-0.1, -0.05) is 23.7 Å². The van der Waals surface area contributed by atoms with Crippen LogP contribution in [0.5, 0.6) is 5.75 Å². The lowest BCUT2D eigenvalue weighted by Crippen LogP contribution is -2.14. The Bertz CT molecular complexity index is 1520. The molecule has 5 aromatic rings. The van der Waals surface area contributed by atoms with Gasteiger partial charge in [-0.2, -0.15) is 0 Å². The van der Waals surface area contributed by atoms with Crippen molar-refractivity contribution < 1.29 is 19.1 Å². The third kappa shape index (κ3) is 3.48. The normalized spacial score (nSPS) is 11.1. The van der Waals surface area contributed by atoms with E-state index in [1.807, 2.05) is 0 Å². The number of phenols is 1. The highest BCUT2D eigenvalue weighted by Gasteiger charge is 2.29. The number of halogens is 1. The van der Waals surface area contributed by atoms with Gasteiger partial charge in [0.05, 0.1) is 22.7 Å². The molecule has 0 spiro atoms. The standard InChI is InChI=1S/C25H16ClN3O4/c1-14-21(23(31)24-28-13-20(33-24)17-5-2-3-12-27-17)22-18(6-4-7-19(22)30)29(14)25(32)15-8-10-16(26)11-9-15/h2-13,30H,1H3. The largest absolute Gasteiger partial charge is 0.507 e. The van der Waals surface area contributed by atoms with Gasteiger partial charge in [-0.25, -0.2) is 4.98 Å². The van der Waals surface area contributed by atoms with Crippen LogP contribution in [0.3, 0.4) is 0 Å². The Hall–Kier alpha value is -4.23. The van der Waals surface area contributed by atoms with E-state index in [2.05, 4.69) is 9.97 Å². The van der Waals surface area contributed by atoms with Crippen LogP contribution in [0.2, 0.25) is 5.02 Å². The zero-order valence-corrected chi connectivity index (χ0v) is 18.1. The van der Waals surface area contributed by atoms with E-state index >= 15 is 0 Å². The van der Waals surface area contributed by atoms with Gasteiger partial charge >= 0.3 is 0 Å². The summed E-state index contributed by atoms with van der Waals surface area (Å²) < 4.78 is 7.08. The van der Waals surface area contributed by atoms with E-state index in [0.717, 1.165) is 0 Å². The van der Waals surface area contributed by atoms with Gasteiger partial charge in [-0.3, -0.25) is 19.1 Å². The zero-order chi connectivity index (χ0) is 23.1. The van der Waals surface area contributed by atoms with Crippen molar-refractivity contribution in [3.05, 3.63) is 101 Å². The average Bonchev–Trinajstić information content (AvgIpc) is 3.43. The SMILES string of the molecule is Cc1c(C(=O)c2ncc(-c3ccccn3)o2)c2c(O)cccc2n1C(=O)c1ccc(Cl)cc1. The number of nitrogens with zero attached hydrogens (tertiary/aromatic N) is 3. The molecule has 0 amide bonds. The molecule has 0 aliphatic carbocycles. The first kappa shape index (κ1) is 20.7. The van der Waals surface area contributed by atoms with E-state index < -0.39 is 5.78 Å². The minimum atomic E-state index is -0.552. The Balaban J connectivity index is 1.66. The van der Waals surface area contributed by atoms with E-state index in [1.54, 1.807) is 67.7 Å².